The average molecular weight is 210 g/mol. The molecular formula is C11H18N2O2. The lowest BCUT2D eigenvalue weighted by Crippen LogP contribution is -2.34. The molecule has 1 aromatic heterocycles. The van der Waals surface area contributed by atoms with Crippen LogP contribution in [0.15, 0.2) is 16.9 Å². The standard InChI is InChI=1S/C11H18N2O2/c1-14-11-4-2-9(3-5-11)12-8-10-6-7-15-13-10/h6-7,9,11-12H,2-5,8H2,1H3. The van der Waals surface area contributed by atoms with Crippen LogP contribution in [0.1, 0.15) is 31.4 Å². The molecule has 1 fully saturated rings. The molecule has 4 nitrogen and oxygen atoms in total. The van der Waals surface area contributed by atoms with E-state index in [4.69, 9.17) is 9.26 Å². The first kappa shape index (κ1) is 10.6. The van der Waals surface area contributed by atoms with E-state index in [-0.39, 0.29) is 0 Å². The fraction of sp³-hybridized carbons (Fsp3) is 0.727. The molecule has 0 amide bonds. The van der Waals surface area contributed by atoms with Gasteiger partial charge in [-0.05, 0) is 25.7 Å². The Kier molecular flexibility index (Phi) is 3.75. The third-order valence-electron chi connectivity index (χ3n) is 3.07. The SMILES string of the molecule is COC1CCC(NCc2ccon2)CC1. The number of aromatic nitrogens is 1. The molecule has 1 aromatic rings. The maximum absolute atomic E-state index is 5.33. The molecule has 1 N–H and O–H groups in total. The molecule has 0 bridgehead atoms. The van der Waals surface area contributed by atoms with Crippen molar-refractivity contribution in [2.75, 3.05) is 7.11 Å². The number of ether oxygens (including phenoxy) is 1. The summed E-state index contributed by atoms with van der Waals surface area (Å²) in [6.45, 7) is 0.804. The lowest BCUT2D eigenvalue weighted by Gasteiger charge is -2.28. The molecule has 2 rings (SSSR count). The van der Waals surface area contributed by atoms with E-state index in [0.29, 0.717) is 12.1 Å². The number of nitrogens with one attached hydrogen (secondary N) is 1. The van der Waals surface area contributed by atoms with Gasteiger partial charge in [0.25, 0.3) is 0 Å². The fourth-order valence-corrected chi connectivity index (χ4v) is 2.08. The van der Waals surface area contributed by atoms with Gasteiger partial charge in [0, 0.05) is 25.8 Å². The second-order valence-corrected chi connectivity index (χ2v) is 4.08. The molecule has 1 aliphatic rings. The van der Waals surface area contributed by atoms with Gasteiger partial charge in [-0.25, -0.2) is 0 Å². The van der Waals surface area contributed by atoms with Crippen LogP contribution >= 0.6 is 0 Å². The van der Waals surface area contributed by atoms with Crippen molar-refractivity contribution in [1.29, 1.82) is 0 Å². The highest BCUT2D eigenvalue weighted by atomic mass is 16.5. The zero-order valence-electron chi connectivity index (χ0n) is 9.11. The maximum Gasteiger partial charge on any atom is 0.124 e. The predicted octanol–water partition coefficient (Wildman–Crippen LogP) is 1.72. The molecule has 0 radical (unpaired) electrons. The van der Waals surface area contributed by atoms with Crippen molar-refractivity contribution in [2.24, 2.45) is 0 Å². The van der Waals surface area contributed by atoms with Crippen molar-refractivity contribution in [3.63, 3.8) is 0 Å². The van der Waals surface area contributed by atoms with Crippen LogP contribution < -0.4 is 5.32 Å². The van der Waals surface area contributed by atoms with Crippen molar-refractivity contribution >= 4 is 0 Å². The van der Waals surface area contributed by atoms with E-state index in [0.717, 1.165) is 25.1 Å². The van der Waals surface area contributed by atoms with Gasteiger partial charge in [0.05, 0.1) is 11.8 Å². The summed E-state index contributed by atoms with van der Waals surface area (Å²) in [5, 5.41) is 7.36. The van der Waals surface area contributed by atoms with E-state index in [1.54, 1.807) is 13.4 Å². The number of hydrogen-bond acceptors (Lipinski definition) is 4. The Labute approximate surface area is 90.0 Å². The topological polar surface area (TPSA) is 47.3 Å². The van der Waals surface area contributed by atoms with E-state index < -0.39 is 0 Å². The minimum atomic E-state index is 0.468. The summed E-state index contributed by atoms with van der Waals surface area (Å²) in [4.78, 5) is 0. The summed E-state index contributed by atoms with van der Waals surface area (Å²) in [5.41, 5.74) is 0.976. The van der Waals surface area contributed by atoms with E-state index in [1.807, 2.05) is 6.07 Å². The van der Waals surface area contributed by atoms with Gasteiger partial charge in [-0.2, -0.15) is 0 Å². The molecule has 0 saturated heterocycles. The van der Waals surface area contributed by atoms with Gasteiger partial charge in [0.2, 0.25) is 0 Å². The Morgan fingerprint density at radius 2 is 2.27 bits per heavy atom. The normalized spacial score (nSPS) is 26.7. The Bertz CT molecular complexity index is 266. The summed E-state index contributed by atoms with van der Waals surface area (Å²) in [5.74, 6) is 0. The number of rotatable bonds is 4. The third-order valence-corrected chi connectivity index (χ3v) is 3.07. The lowest BCUT2D eigenvalue weighted by molar-refractivity contribution is 0.0623. The number of nitrogens with zero attached hydrogens (tertiary/aromatic N) is 1. The molecule has 0 aliphatic heterocycles. The van der Waals surface area contributed by atoms with Gasteiger partial charge in [0.15, 0.2) is 0 Å². The van der Waals surface area contributed by atoms with E-state index in [1.165, 1.54) is 12.8 Å². The first-order valence-corrected chi connectivity index (χ1v) is 5.54. The largest absolute Gasteiger partial charge is 0.381 e. The van der Waals surface area contributed by atoms with Gasteiger partial charge in [-0.1, -0.05) is 5.16 Å². The highest BCUT2D eigenvalue weighted by Gasteiger charge is 2.20. The van der Waals surface area contributed by atoms with Crippen LogP contribution in [0, 0.1) is 0 Å². The maximum atomic E-state index is 5.33. The molecular weight excluding hydrogens is 192 g/mol. The van der Waals surface area contributed by atoms with Crippen LogP contribution in [0.5, 0.6) is 0 Å². The monoisotopic (exact) mass is 210 g/mol. The van der Waals surface area contributed by atoms with Crippen molar-refractivity contribution in [3.8, 4) is 0 Å². The fourth-order valence-electron chi connectivity index (χ4n) is 2.08. The molecule has 0 atom stereocenters. The molecule has 1 aliphatic carbocycles. The van der Waals surface area contributed by atoms with Crippen LogP contribution in [0.2, 0.25) is 0 Å². The highest BCUT2D eigenvalue weighted by molar-refractivity contribution is 4.95. The molecule has 0 aromatic carbocycles. The Hall–Kier alpha value is -0.870. The summed E-state index contributed by atoms with van der Waals surface area (Å²) in [6, 6.07) is 2.50. The van der Waals surface area contributed by atoms with Crippen molar-refractivity contribution < 1.29 is 9.26 Å². The van der Waals surface area contributed by atoms with Crippen LogP contribution in [0.4, 0.5) is 0 Å². The summed E-state index contributed by atoms with van der Waals surface area (Å²) in [7, 11) is 1.80. The average Bonchev–Trinajstić information content (AvgIpc) is 2.80. The highest BCUT2D eigenvalue weighted by Crippen LogP contribution is 2.20. The molecule has 1 saturated carbocycles. The molecule has 84 valence electrons. The van der Waals surface area contributed by atoms with Crippen molar-refractivity contribution in [2.45, 2.75) is 44.4 Å². The van der Waals surface area contributed by atoms with Crippen LogP contribution in [0.3, 0.4) is 0 Å². The second-order valence-electron chi connectivity index (χ2n) is 4.08. The van der Waals surface area contributed by atoms with Gasteiger partial charge in [-0.3, -0.25) is 0 Å². The summed E-state index contributed by atoms with van der Waals surface area (Å²) >= 11 is 0. The second kappa shape index (κ2) is 5.28. The molecule has 0 spiro atoms. The molecule has 1 heterocycles. The van der Waals surface area contributed by atoms with Gasteiger partial charge >= 0.3 is 0 Å². The van der Waals surface area contributed by atoms with Crippen molar-refractivity contribution in [3.05, 3.63) is 18.0 Å². The zero-order chi connectivity index (χ0) is 10.5. The molecule has 0 unspecified atom stereocenters. The quantitative estimate of drug-likeness (QED) is 0.822. The zero-order valence-corrected chi connectivity index (χ0v) is 9.11. The molecule has 15 heavy (non-hydrogen) atoms. The first-order valence-electron chi connectivity index (χ1n) is 5.54. The van der Waals surface area contributed by atoms with Crippen LogP contribution in [-0.4, -0.2) is 24.4 Å². The minimum absolute atomic E-state index is 0.468. The van der Waals surface area contributed by atoms with E-state index >= 15 is 0 Å². The number of hydrogen-bond donors (Lipinski definition) is 1. The van der Waals surface area contributed by atoms with E-state index in [9.17, 15) is 0 Å². The first-order chi connectivity index (χ1) is 7.38. The van der Waals surface area contributed by atoms with Crippen molar-refractivity contribution in [1.82, 2.24) is 10.5 Å². The lowest BCUT2D eigenvalue weighted by atomic mass is 9.93. The Morgan fingerprint density at radius 3 is 2.87 bits per heavy atom. The molecule has 4 heteroatoms. The Morgan fingerprint density at radius 1 is 1.47 bits per heavy atom. The van der Waals surface area contributed by atoms with Crippen LogP contribution in [-0.2, 0) is 11.3 Å². The van der Waals surface area contributed by atoms with E-state index in [2.05, 4.69) is 10.5 Å². The van der Waals surface area contributed by atoms with Crippen LogP contribution in [0.25, 0.3) is 0 Å². The summed E-state index contributed by atoms with van der Waals surface area (Å²) in [6.07, 6.45) is 6.78. The number of methoxy groups -OCH3 is 1. The van der Waals surface area contributed by atoms with Gasteiger partial charge in [0.1, 0.15) is 6.26 Å². The van der Waals surface area contributed by atoms with Gasteiger partial charge in [-0.15, -0.1) is 0 Å². The smallest absolute Gasteiger partial charge is 0.124 e. The summed E-state index contributed by atoms with van der Waals surface area (Å²) < 4.78 is 10.1. The third kappa shape index (κ3) is 3.04. The minimum Gasteiger partial charge on any atom is -0.381 e. The Balaban J connectivity index is 1.69. The van der Waals surface area contributed by atoms with Gasteiger partial charge < -0.3 is 14.6 Å². The predicted molar refractivity (Wildman–Crippen MR) is 56.4 cm³/mol.